The molecule has 0 saturated carbocycles. The predicted molar refractivity (Wildman–Crippen MR) is 112 cm³/mol. The molecule has 1 N–H and O–H groups in total. The quantitative estimate of drug-likeness (QED) is 0.399. The fraction of sp³-hybridized carbons (Fsp3) is 0.143. The first kappa shape index (κ1) is 17.6. The van der Waals surface area contributed by atoms with Gasteiger partial charge in [0.05, 0.1) is 0 Å². The maximum atomic E-state index is 6.37. The summed E-state index contributed by atoms with van der Waals surface area (Å²) >= 11 is 14.2. The number of hydrogen-bond donors (Lipinski definition) is 1. The molecule has 0 aliphatic carbocycles. The number of benzene rings is 2. The van der Waals surface area contributed by atoms with E-state index in [0.29, 0.717) is 10.0 Å². The van der Waals surface area contributed by atoms with Crippen molar-refractivity contribution in [2.24, 2.45) is 0 Å². The van der Waals surface area contributed by atoms with Gasteiger partial charge in [0.2, 0.25) is 0 Å². The molecule has 4 rings (SSSR count). The van der Waals surface area contributed by atoms with Crippen molar-refractivity contribution in [1.29, 1.82) is 0 Å². The molecule has 4 aromatic rings. The van der Waals surface area contributed by atoms with Crippen LogP contribution in [-0.4, -0.2) is 4.57 Å². The van der Waals surface area contributed by atoms with Gasteiger partial charge >= 0.3 is 0 Å². The van der Waals surface area contributed by atoms with Crippen LogP contribution < -0.4 is 5.32 Å². The molecule has 0 radical (unpaired) electrons. The Bertz CT molecular complexity index is 1020. The Morgan fingerprint density at radius 2 is 1.81 bits per heavy atom. The SMILES string of the molecule is Clc1ccc(Cn2cc(CNCc3cccs3)c3ccccc32)c(Cl)c1. The van der Waals surface area contributed by atoms with Crippen LogP contribution in [0.1, 0.15) is 16.0 Å². The van der Waals surface area contributed by atoms with E-state index in [9.17, 15) is 0 Å². The molecule has 2 aromatic carbocycles. The Balaban J connectivity index is 1.59. The zero-order valence-electron chi connectivity index (χ0n) is 14.1. The van der Waals surface area contributed by atoms with E-state index >= 15 is 0 Å². The minimum Gasteiger partial charge on any atom is -0.343 e. The van der Waals surface area contributed by atoms with Crippen molar-refractivity contribution in [3.63, 3.8) is 0 Å². The highest BCUT2D eigenvalue weighted by molar-refractivity contribution is 7.09. The van der Waals surface area contributed by atoms with Crippen LogP contribution in [-0.2, 0) is 19.6 Å². The molecule has 0 spiro atoms. The molecule has 0 amide bonds. The summed E-state index contributed by atoms with van der Waals surface area (Å²) in [6.45, 7) is 2.45. The normalized spacial score (nSPS) is 11.3. The number of thiophene rings is 1. The lowest BCUT2D eigenvalue weighted by Gasteiger charge is -2.08. The van der Waals surface area contributed by atoms with Crippen molar-refractivity contribution >= 4 is 45.4 Å². The van der Waals surface area contributed by atoms with Crippen LogP contribution >= 0.6 is 34.5 Å². The summed E-state index contributed by atoms with van der Waals surface area (Å²) in [5.41, 5.74) is 3.57. The topological polar surface area (TPSA) is 17.0 Å². The Morgan fingerprint density at radius 3 is 2.62 bits per heavy atom. The van der Waals surface area contributed by atoms with E-state index in [2.05, 4.69) is 57.9 Å². The van der Waals surface area contributed by atoms with Crippen LogP contribution in [0.2, 0.25) is 10.0 Å². The van der Waals surface area contributed by atoms with E-state index in [1.54, 1.807) is 17.4 Å². The number of rotatable bonds is 6. The van der Waals surface area contributed by atoms with Gasteiger partial charge in [-0.15, -0.1) is 11.3 Å². The second-order valence-corrected chi connectivity index (χ2v) is 8.09. The molecule has 2 nitrogen and oxygen atoms in total. The number of para-hydroxylation sites is 1. The molecule has 5 heteroatoms. The van der Waals surface area contributed by atoms with Gasteiger partial charge in [-0.2, -0.15) is 0 Å². The minimum atomic E-state index is 0.662. The van der Waals surface area contributed by atoms with Crippen molar-refractivity contribution in [2.75, 3.05) is 0 Å². The third kappa shape index (κ3) is 3.81. The molecule has 0 bridgehead atoms. The summed E-state index contributed by atoms with van der Waals surface area (Å²) in [5.74, 6) is 0. The van der Waals surface area contributed by atoms with E-state index in [1.165, 1.54) is 21.3 Å². The highest BCUT2D eigenvalue weighted by atomic mass is 35.5. The molecule has 0 unspecified atom stereocenters. The zero-order valence-corrected chi connectivity index (χ0v) is 16.4. The van der Waals surface area contributed by atoms with E-state index in [0.717, 1.165) is 25.2 Å². The van der Waals surface area contributed by atoms with E-state index < -0.39 is 0 Å². The Morgan fingerprint density at radius 1 is 0.923 bits per heavy atom. The highest BCUT2D eigenvalue weighted by Crippen LogP contribution is 2.26. The highest BCUT2D eigenvalue weighted by Gasteiger charge is 2.10. The number of nitrogens with one attached hydrogen (secondary N) is 1. The summed E-state index contributed by atoms with van der Waals surface area (Å²) in [4.78, 5) is 1.35. The predicted octanol–water partition coefficient (Wildman–Crippen LogP) is 6.35. The van der Waals surface area contributed by atoms with E-state index in [-0.39, 0.29) is 0 Å². The number of halogens is 2. The molecular weight excluding hydrogens is 383 g/mol. The first-order valence-corrected chi connectivity index (χ1v) is 10.1. The lowest BCUT2D eigenvalue weighted by molar-refractivity contribution is 0.700. The van der Waals surface area contributed by atoms with Gasteiger partial charge in [-0.25, -0.2) is 0 Å². The molecule has 132 valence electrons. The monoisotopic (exact) mass is 400 g/mol. The van der Waals surface area contributed by atoms with Gasteiger partial charge in [-0.3, -0.25) is 0 Å². The van der Waals surface area contributed by atoms with Gasteiger partial charge < -0.3 is 9.88 Å². The first-order chi connectivity index (χ1) is 12.7. The second-order valence-electron chi connectivity index (χ2n) is 6.22. The van der Waals surface area contributed by atoms with Gasteiger partial charge in [-0.05, 0) is 40.8 Å². The third-order valence-electron chi connectivity index (χ3n) is 4.42. The van der Waals surface area contributed by atoms with Crippen molar-refractivity contribution in [3.05, 3.63) is 92.2 Å². The Hall–Kier alpha value is -1.78. The first-order valence-electron chi connectivity index (χ1n) is 8.44. The van der Waals surface area contributed by atoms with Gasteiger partial charge in [0.15, 0.2) is 0 Å². The van der Waals surface area contributed by atoms with E-state index in [4.69, 9.17) is 23.2 Å². The fourth-order valence-corrected chi connectivity index (χ4v) is 4.30. The van der Waals surface area contributed by atoms with Crippen LogP contribution in [0.5, 0.6) is 0 Å². The largest absolute Gasteiger partial charge is 0.343 e. The Kier molecular flexibility index (Phi) is 5.32. The average Bonchev–Trinajstić information content (AvgIpc) is 3.26. The van der Waals surface area contributed by atoms with Gasteiger partial charge in [0, 0.05) is 51.7 Å². The lowest BCUT2D eigenvalue weighted by atomic mass is 10.2. The summed E-state index contributed by atoms with van der Waals surface area (Å²) in [6, 6.07) is 18.4. The maximum Gasteiger partial charge on any atom is 0.0491 e. The lowest BCUT2D eigenvalue weighted by Crippen LogP contribution is -2.11. The van der Waals surface area contributed by atoms with Crippen molar-refractivity contribution in [3.8, 4) is 0 Å². The van der Waals surface area contributed by atoms with Gasteiger partial charge in [-0.1, -0.05) is 53.5 Å². The molecule has 0 atom stereocenters. The number of nitrogens with zero attached hydrogens (tertiary/aromatic N) is 1. The molecule has 26 heavy (non-hydrogen) atoms. The fourth-order valence-electron chi connectivity index (χ4n) is 3.16. The van der Waals surface area contributed by atoms with Crippen molar-refractivity contribution in [1.82, 2.24) is 9.88 Å². The summed E-state index contributed by atoms with van der Waals surface area (Å²) < 4.78 is 2.26. The van der Waals surface area contributed by atoms with E-state index in [1.807, 2.05) is 12.1 Å². The average molecular weight is 401 g/mol. The second kappa shape index (κ2) is 7.85. The minimum absolute atomic E-state index is 0.662. The van der Waals surface area contributed by atoms with Crippen molar-refractivity contribution in [2.45, 2.75) is 19.6 Å². The van der Waals surface area contributed by atoms with Crippen LogP contribution in [0.3, 0.4) is 0 Å². The molecule has 0 aliphatic heterocycles. The van der Waals surface area contributed by atoms with Crippen LogP contribution in [0, 0.1) is 0 Å². The molecule has 2 heterocycles. The van der Waals surface area contributed by atoms with Gasteiger partial charge in [0.25, 0.3) is 0 Å². The maximum absolute atomic E-state index is 6.37. The van der Waals surface area contributed by atoms with Crippen LogP contribution in [0.25, 0.3) is 10.9 Å². The van der Waals surface area contributed by atoms with Crippen molar-refractivity contribution < 1.29 is 0 Å². The summed E-state index contributed by atoms with van der Waals surface area (Å²) in [5, 5.41) is 8.29. The van der Waals surface area contributed by atoms with Crippen LogP contribution in [0.4, 0.5) is 0 Å². The summed E-state index contributed by atoms with van der Waals surface area (Å²) in [7, 11) is 0. The molecule has 2 aromatic heterocycles. The zero-order chi connectivity index (χ0) is 17.9. The smallest absolute Gasteiger partial charge is 0.0491 e. The van der Waals surface area contributed by atoms with Crippen LogP contribution in [0.15, 0.2) is 66.2 Å². The molecular formula is C21H18Cl2N2S. The standard InChI is InChI=1S/C21H18Cl2N2S/c22-17-8-7-15(20(23)10-17)13-25-14-16(19-5-1-2-6-21(19)25)11-24-12-18-4-3-9-26-18/h1-10,14,24H,11-13H2. The number of aromatic nitrogens is 1. The Labute approximate surface area is 167 Å². The summed E-state index contributed by atoms with van der Waals surface area (Å²) in [6.07, 6.45) is 2.22. The molecule has 0 aliphatic rings. The molecule has 0 saturated heterocycles. The number of hydrogen-bond acceptors (Lipinski definition) is 2. The van der Waals surface area contributed by atoms with Gasteiger partial charge in [0.1, 0.15) is 0 Å². The third-order valence-corrected chi connectivity index (χ3v) is 5.89. The molecule has 0 fully saturated rings. The number of fused-ring (bicyclic) bond motifs is 1.